The summed E-state index contributed by atoms with van der Waals surface area (Å²) in [5, 5.41) is 26.3. The third kappa shape index (κ3) is 3.07. The van der Waals surface area contributed by atoms with Crippen molar-refractivity contribution in [1.82, 2.24) is 29.9 Å². The number of likely N-dealkylation sites (N-methyl/N-ethyl adjacent to an activating group) is 1. The lowest BCUT2D eigenvalue weighted by Gasteiger charge is -2.50. The maximum absolute atomic E-state index is 15.3. The minimum Gasteiger partial charge on any atom is -0.507 e. The van der Waals surface area contributed by atoms with Crippen LogP contribution < -0.4 is 4.74 Å². The van der Waals surface area contributed by atoms with E-state index in [-0.39, 0.29) is 17.2 Å². The molecule has 4 atom stereocenters. The fourth-order valence-corrected chi connectivity index (χ4v) is 4.51. The average Bonchev–Trinajstić information content (AvgIpc) is 3.35. The number of piperidine rings is 1. The highest BCUT2D eigenvalue weighted by atomic mass is 19.1. The number of hydrogen-bond donors (Lipinski definition) is 1. The van der Waals surface area contributed by atoms with E-state index in [2.05, 4.69) is 38.3 Å². The molecule has 3 aromatic rings. The molecule has 1 N–H and O–H groups in total. The summed E-state index contributed by atoms with van der Waals surface area (Å²) in [4.78, 5) is 2.06. The Bertz CT molecular complexity index is 1140. The van der Waals surface area contributed by atoms with Crippen LogP contribution in [0.2, 0.25) is 0 Å². The highest BCUT2D eigenvalue weighted by Gasteiger charge is 2.57. The number of phenolic OH excluding ortho intramolecular Hbond substituents is 1. The molecule has 0 saturated carbocycles. The van der Waals surface area contributed by atoms with Gasteiger partial charge in [-0.25, -0.2) is 4.39 Å². The van der Waals surface area contributed by atoms with Crippen LogP contribution in [0.15, 0.2) is 55.1 Å². The van der Waals surface area contributed by atoms with Crippen molar-refractivity contribution in [2.24, 2.45) is 0 Å². The average molecular weight is 422 g/mol. The van der Waals surface area contributed by atoms with E-state index < -0.39 is 17.8 Å². The molecule has 8 nitrogen and oxygen atoms in total. The lowest BCUT2D eigenvalue weighted by atomic mass is 9.81. The van der Waals surface area contributed by atoms with Crippen LogP contribution in [-0.2, 0) is 0 Å². The minimum absolute atomic E-state index is 0.0526. The second-order valence-corrected chi connectivity index (χ2v) is 8.56. The van der Waals surface area contributed by atoms with Crippen molar-refractivity contribution in [3.8, 4) is 28.6 Å². The van der Waals surface area contributed by atoms with Gasteiger partial charge in [-0.15, -0.1) is 20.4 Å². The lowest BCUT2D eigenvalue weighted by molar-refractivity contribution is -0.0779. The minimum atomic E-state index is -1.19. The van der Waals surface area contributed by atoms with Gasteiger partial charge in [0.05, 0.1) is 16.9 Å². The van der Waals surface area contributed by atoms with Gasteiger partial charge in [0.15, 0.2) is 6.17 Å². The first-order chi connectivity index (χ1) is 14.8. The standard InChI is InChI=1S/C22H23FN6O2/c1-21-8-9-22(2,28(21)3)20(23)18(11-21)31-19-7-6-16(26-27-19)15-5-4-14(10-17(15)30)29-12-24-25-13-29/h4-10,12-13,18,20,30H,11H2,1-3H3/t18-,20-,21-,22+/m0/s1. The van der Waals surface area contributed by atoms with E-state index in [1.165, 1.54) is 0 Å². The van der Waals surface area contributed by atoms with E-state index in [0.717, 1.165) is 5.69 Å². The van der Waals surface area contributed by atoms with Gasteiger partial charge in [-0.2, -0.15) is 0 Å². The van der Waals surface area contributed by atoms with Crippen molar-refractivity contribution < 1.29 is 14.2 Å². The highest BCUT2D eigenvalue weighted by molar-refractivity contribution is 5.68. The molecule has 0 spiro atoms. The van der Waals surface area contributed by atoms with Crippen LogP contribution in [0.5, 0.6) is 11.6 Å². The third-order valence-corrected chi connectivity index (χ3v) is 6.65. The zero-order valence-electron chi connectivity index (χ0n) is 17.5. The number of ether oxygens (including phenoxy) is 1. The molecule has 2 aromatic heterocycles. The predicted molar refractivity (Wildman–Crippen MR) is 112 cm³/mol. The molecule has 0 radical (unpaired) electrons. The summed E-state index contributed by atoms with van der Waals surface area (Å²) in [6, 6.07) is 8.52. The van der Waals surface area contributed by atoms with Crippen LogP contribution in [0.25, 0.3) is 16.9 Å². The Morgan fingerprint density at radius 3 is 2.55 bits per heavy atom. The van der Waals surface area contributed by atoms with Gasteiger partial charge < -0.3 is 9.84 Å². The summed E-state index contributed by atoms with van der Waals surface area (Å²) in [6.45, 7) is 3.97. The fourth-order valence-electron chi connectivity index (χ4n) is 4.51. The van der Waals surface area contributed by atoms with E-state index in [1.54, 1.807) is 41.5 Å². The number of nitrogens with zero attached hydrogens (tertiary/aromatic N) is 6. The molecule has 1 fully saturated rings. The molecular weight excluding hydrogens is 399 g/mol. The maximum atomic E-state index is 15.3. The Morgan fingerprint density at radius 2 is 1.87 bits per heavy atom. The summed E-state index contributed by atoms with van der Waals surface area (Å²) < 4.78 is 22.9. The van der Waals surface area contributed by atoms with Crippen LogP contribution in [0, 0.1) is 0 Å². The molecule has 4 heterocycles. The van der Waals surface area contributed by atoms with Gasteiger partial charge in [0, 0.05) is 29.7 Å². The van der Waals surface area contributed by atoms with Gasteiger partial charge in [-0.3, -0.25) is 9.47 Å². The number of alkyl halides is 1. The molecular formula is C22H23FN6O2. The topological polar surface area (TPSA) is 89.2 Å². The number of phenols is 1. The van der Waals surface area contributed by atoms with Crippen LogP contribution in [0.4, 0.5) is 4.39 Å². The van der Waals surface area contributed by atoms with Gasteiger partial charge in [-0.1, -0.05) is 12.2 Å². The number of fused-ring (bicyclic) bond motifs is 2. The van der Waals surface area contributed by atoms with E-state index >= 15 is 4.39 Å². The zero-order chi connectivity index (χ0) is 21.8. The molecule has 0 aliphatic carbocycles. The van der Waals surface area contributed by atoms with Crippen molar-refractivity contribution in [3.05, 3.63) is 55.1 Å². The van der Waals surface area contributed by atoms with E-state index in [0.29, 0.717) is 17.7 Å². The number of aromatic nitrogens is 5. The molecule has 9 heteroatoms. The quantitative estimate of drug-likeness (QED) is 0.647. The molecule has 0 unspecified atom stereocenters. The van der Waals surface area contributed by atoms with Gasteiger partial charge in [0.25, 0.3) is 0 Å². The Balaban J connectivity index is 1.34. The first-order valence-electron chi connectivity index (χ1n) is 10.1. The van der Waals surface area contributed by atoms with Gasteiger partial charge >= 0.3 is 0 Å². The molecule has 1 aromatic carbocycles. The molecule has 160 valence electrons. The maximum Gasteiger partial charge on any atom is 0.233 e. The molecule has 2 aliphatic heterocycles. The molecule has 0 amide bonds. The summed E-state index contributed by atoms with van der Waals surface area (Å²) in [7, 11) is 1.94. The molecule has 2 bridgehead atoms. The third-order valence-electron chi connectivity index (χ3n) is 6.65. The van der Waals surface area contributed by atoms with Crippen molar-refractivity contribution in [3.63, 3.8) is 0 Å². The fraction of sp³-hybridized carbons (Fsp3) is 0.364. The molecule has 1 saturated heterocycles. The van der Waals surface area contributed by atoms with Gasteiger partial charge in [0.2, 0.25) is 5.88 Å². The van der Waals surface area contributed by atoms with E-state index in [9.17, 15) is 5.11 Å². The zero-order valence-corrected chi connectivity index (χ0v) is 17.5. The number of benzene rings is 1. The molecule has 31 heavy (non-hydrogen) atoms. The Kier molecular flexibility index (Phi) is 4.33. The van der Waals surface area contributed by atoms with Crippen molar-refractivity contribution in [1.29, 1.82) is 0 Å². The van der Waals surface area contributed by atoms with Crippen LogP contribution in [0.1, 0.15) is 20.3 Å². The first-order valence-corrected chi connectivity index (χ1v) is 10.1. The molecule has 2 aliphatic rings. The number of aromatic hydroxyl groups is 1. The summed E-state index contributed by atoms with van der Waals surface area (Å²) in [5.74, 6) is 0.310. The summed E-state index contributed by atoms with van der Waals surface area (Å²) in [6.07, 6.45) is 5.78. The Hall–Kier alpha value is -3.33. The van der Waals surface area contributed by atoms with Gasteiger partial charge in [-0.05, 0) is 39.1 Å². The normalized spacial score (nSPS) is 29.9. The van der Waals surface area contributed by atoms with Crippen molar-refractivity contribution in [2.45, 2.75) is 43.6 Å². The van der Waals surface area contributed by atoms with Crippen molar-refractivity contribution >= 4 is 0 Å². The molecule has 5 rings (SSSR count). The van der Waals surface area contributed by atoms with Crippen LogP contribution in [-0.4, -0.2) is 65.4 Å². The Morgan fingerprint density at radius 1 is 1.10 bits per heavy atom. The van der Waals surface area contributed by atoms with Gasteiger partial charge in [0.1, 0.15) is 24.5 Å². The van der Waals surface area contributed by atoms with E-state index in [1.807, 2.05) is 26.1 Å². The number of halogens is 1. The van der Waals surface area contributed by atoms with Crippen LogP contribution >= 0.6 is 0 Å². The monoisotopic (exact) mass is 422 g/mol. The summed E-state index contributed by atoms with van der Waals surface area (Å²) >= 11 is 0. The first kappa shape index (κ1) is 19.6. The van der Waals surface area contributed by atoms with Crippen LogP contribution in [0.3, 0.4) is 0 Å². The second-order valence-electron chi connectivity index (χ2n) is 8.56. The predicted octanol–water partition coefficient (Wildman–Crippen LogP) is 2.94. The number of hydrogen-bond acceptors (Lipinski definition) is 7. The van der Waals surface area contributed by atoms with E-state index in [4.69, 9.17) is 4.74 Å². The summed E-state index contributed by atoms with van der Waals surface area (Å²) in [5.41, 5.74) is 0.777. The second kappa shape index (κ2) is 6.84. The smallest absolute Gasteiger partial charge is 0.233 e. The SMILES string of the molecule is CN1[C@@]2(C)C=C[C@]1(C)[C@@H](F)[C@@H](Oc1ccc(-c3ccc(-n4cnnc4)cc3O)nn1)C2. The Labute approximate surface area is 179 Å². The number of rotatable bonds is 4. The highest BCUT2D eigenvalue weighted by Crippen LogP contribution is 2.46. The van der Waals surface area contributed by atoms with Crippen molar-refractivity contribution in [2.75, 3.05) is 7.05 Å². The largest absolute Gasteiger partial charge is 0.507 e. The lowest BCUT2D eigenvalue weighted by Crippen LogP contribution is -2.64.